The molecule has 2 aliphatic heterocycles. The zero-order chi connectivity index (χ0) is 30.8. The average Bonchev–Trinajstić information content (AvgIpc) is 3.02. The summed E-state index contributed by atoms with van der Waals surface area (Å²) in [6, 6.07) is 22.0. The molecule has 4 bridgehead atoms. The average molecular weight is 588 g/mol. The molecule has 0 radical (unpaired) electrons. The maximum atomic E-state index is 14.3. The molecule has 9 nitrogen and oxygen atoms in total. The molecule has 4 heterocycles. The molecule has 0 aliphatic carbocycles. The number of H-pyrrole nitrogens is 1. The number of fused-ring (bicyclic) bond motifs is 10. The molecule has 5 aromatic rings. The van der Waals surface area contributed by atoms with Gasteiger partial charge in [-0.25, -0.2) is 4.79 Å². The van der Waals surface area contributed by atoms with Crippen LogP contribution < -0.4 is 16.2 Å². The van der Waals surface area contributed by atoms with E-state index in [0.29, 0.717) is 16.8 Å². The summed E-state index contributed by atoms with van der Waals surface area (Å²) < 4.78 is 5.60. The van der Waals surface area contributed by atoms with Gasteiger partial charge in [0.15, 0.2) is 0 Å². The standard InChI is InChI=1S/C35H33N5O4/c1-21-16-25-5-8-29(21)22(2)20-44-35(43)39-27-7-9-30(24-10-13-36-14-11-24)26(17-27)19-40(3)34(42)32(25)38-28-6-4-23-12-15-37-33(41)31(23)18-28/h4-18,22,32,38H,19-20H2,1-3H3,(H,37,41)(H,39,43)/t22-,32+/m0/s1. The van der Waals surface area contributed by atoms with Crippen LogP contribution in [0.25, 0.3) is 21.9 Å². The first-order valence-electron chi connectivity index (χ1n) is 14.5. The highest BCUT2D eigenvalue weighted by Gasteiger charge is 2.26. The van der Waals surface area contributed by atoms with Crippen molar-refractivity contribution >= 4 is 34.1 Å². The smallest absolute Gasteiger partial charge is 0.411 e. The molecule has 44 heavy (non-hydrogen) atoms. The summed E-state index contributed by atoms with van der Waals surface area (Å²) in [5, 5.41) is 7.61. The Morgan fingerprint density at radius 1 is 0.955 bits per heavy atom. The predicted molar refractivity (Wildman–Crippen MR) is 172 cm³/mol. The van der Waals surface area contributed by atoms with Crippen LogP contribution in [0.1, 0.15) is 41.1 Å². The van der Waals surface area contributed by atoms with Crippen molar-refractivity contribution in [1.29, 1.82) is 0 Å². The van der Waals surface area contributed by atoms with Gasteiger partial charge < -0.3 is 19.9 Å². The Kier molecular flexibility index (Phi) is 7.85. The minimum Gasteiger partial charge on any atom is -0.449 e. The highest BCUT2D eigenvalue weighted by atomic mass is 16.5. The second-order valence-electron chi connectivity index (χ2n) is 11.2. The van der Waals surface area contributed by atoms with E-state index >= 15 is 0 Å². The van der Waals surface area contributed by atoms with Crippen molar-refractivity contribution in [3.8, 4) is 11.1 Å². The van der Waals surface area contributed by atoms with Crippen LogP contribution in [0, 0.1) is 6.92 Å². The van der Waals surface area contributed by atoms with E-state index in [-0.39, 0.29) is 30.5 Å². The van der Waals surface area contributed by atoms with Gasteiger partial charge in [0, 0.05) is 54.9 Å². The van der Waals surface area contributed by atoms with Crippen LogP contribution in [0.3, 0.4) is 0 Å². The Morgan fingerprint density at radius 3 is 2.57 bits per heavy atom. The van der Waals surface area contributed by atoms with E-state index in [1.807, 2.05) is 80.6 Å². The van der Waals surface area contributed by atoms with Crippen molar-refractivity contribution in [2.45, 2.75) is 32.4 Å². The Hall–Kier alpha value is -5.44. The maximum absolute atomic E-state index is 14.3. The number of ether oxygens (including phenoxy) is 1. The lowest BCUT2D eigenvalue weighted by Gasteiger charge is -2.28. The van der Waals surface area contributed by atoms with Crippen LogP contribution >= 0.6 is 0 Å². The van der Waals surface area contributed by atoms with Crippen molar-refractivity contribution in [2.75, 3.05) is 24.3 Å². The molecule has 2 amide bonds. The summed E-state index contributed by atoms with van der Waals surface area (Å²) in [6.07, 6.45) is 4.52. The lowest BCUT2D eigenvalue weighted by Crippen LogP contribution is -2.35. The lowest BCUT2D eigenvalue weighted by atomic mass is 9.92. The van der Waals surface area contributed by atoms with Crippen LogP contribution in [0.15, 0.2) is 96.2 Å². The number of rotatable bonds is 3. The van der Waals surface area contributed by atoms with Gasteiger partial charge in [-0.2, -0.15) is 0 Å². The Labute approximate surface area is 254 Å². The third-order valence-electron chi connectivity index (χ3n) is 8.08. The molecule has 2 aromatic heterocycles. The molecule has 222 valence electrons. The number of hydrogen-bond donors (Lipinski definition) is 3. The van der Waals surface area contributed by atoms with Gasteiger partial charge in [0.05, 0.1) is 6.61 Å². The number of anilines is 2. The molecule has 7 rings (SSSR count). The zero-order valence-electron chi connectivity index (χ0n) is 24.8. The van der Waals surface area contributed by atoms with Crippen LogP contribution in [0.4, 0.5) is 16.2 Å². The van der Waals surface area contributed by atoms with E-state index in [4.69, 9.17) is 4.74 Å². The van der Waals surface area contributed by atoms with Gasteiger partial charge in [-0.1, -0.05) is 37.3 Å². The molecule has 9 heteroatoms. The van der Waals surface area contributed by atoms with Gasteiger partial charge >= 0.3 is 6.09 Å². The Bertz CT molecular complexity index is 1920. The van der Waals surface area contributed by atoms with E-state index in [2.05, 4.69) is 20.6 Å². The number of amides is 2. The summed E-state index contributed by atoms with van der Waals surface area (Å²) in [5.41, 5.74) is 6.51. The van der Waals surface area contributed by atoms with Crippen LogP contribution in [0.2, 0.25) is 0 Å². The van der Waals surface area contributed by atoms with Crippen molar-refractivity contribution in [1.82, 2.24) is 14.9 Å². The van der Waals surface area contributed by atoms with Crippen molar-refractivity contribution in [3.63, 3.8) is 0 Å². The van der Waals surface area contributed by atoms with E-state index in [1.54, 1.807) is 36.6 Å². The summed E-state index contributed by atoms with van der Waals surface area (Å²) in [7, 11) is 1.76. The van der Waals surface area contributed by atoms with Crippen LogP contribution in [-0.2, 0) is 16.1 Å². The molecule has 3 N–H and O–H groups in total. The highest BCUT2D eigenvalue weighted by molar-refractivity contribution is 5.89. The number of aryl methyl sites for hydroxylation is 1. The monoisotopic (exact) mass is 587 g/mol. The number of likely N-dealkylation sites (N-methyl/N-ethyl adjacent to an activating group) is 1. The maximum Gasteiger partial charge on any atom is 0.411 e. The third-order valence-corrected chi connectivity index (χ3v) is 8.08. The number of benzene rings is 3. The number of pyridine rings is 2. The second-order valence-corrected chi connectivity index (χ2v) is 11.2. The number of carbonyl (C=O) groups is 2. The predicted octanol–water partition coefficient (Wildman–Crippen LogP) is 6.38. The molecule has 0 saturated carbocycles. The summed E-state index contributed by atoms with van der Waals surface area (Å²) >= 11 is 0. The first kappa shape index (κ1) is 28.7. The number of carbonyl (C=O) groups excluding carboxylic acids is 2. The molecule has 0 unspecified atom stereocenters. The molecular formula is C35H33N5O4. The normalized spacial score (nSPS) is 17.3. The van der Waals surface area contributed by atoms with E-state index < -0.39 is 12.1 Å². The molecule has 0 spiro atoms. The molecular weight excluding hydrogens is 554 g/mol. The van der Waals surface area contributed by atoms with Crippen LogP contribution in [-0.4, -0.2) is 40.5 Å². The van der Waals surface area contributed by atoms with Gasteiger partial charge in [0.2, 0.25) is 5.91 Å². The van der Waals surface area contributed by atoms with Gasteiger partial charge in [-0.3, -0.25) is 19.9 Å². The van der Waals surface area contributed by atoms with E-state index in [9.17, 15) is 14.4 Å². The second kappa shape index (κ2) is 12.0. The number of hydrogen-bond acceptors (Lipinski definition) is 6. The highest BCUT2D eigenvalue weighted by Crippen LogP contribution is 2.31. The summed E-state index contributed by atoms with van der Waals surface area (Å²) in [4.78, 5) is 48.1. The fourth-order valence-electron chi connectivity index (χ4n) is 5.77. The molecule has 2 aliphatic rings. The lowest BCUT2D eigenvalue weighted by molar-refractivity contribution is -0.131. The molecule has 0 fully saturated rings. The van der Waals surface area contributed by atoms with Gasteiger partial charge in [0.1, 0.15) is 6.04 Å². The van der Waals surface area contributed by atoms with Crippen LogP contribution in [0.5, 0.6) is 0 Å². The van der Waals surface area contributed by atoms with Gasteiger partial charge in [-0.05, 0) is 88.2 Å². The topological polar surface area (TPSA) is 116 Å². The fraction of sp³-hybridized carbons (Fsp3) is 0.200. The quantitative estimate of drug-likeness (QED) is 0.226. The first-order valence-corrected chi connectivity index (χ1v) is 14.5. The van der Waals surface area contributed by atoms with E-state index in [1.165, 1.54) is 0 Å². The number of aromatic amines is 1. The van der Waals surface area contributed by atoms with Gasteiger partial charge in [0.25, 0.3) is 5.56 Å². The minimum absolute atomic E-state index is 0.0654. The Morgan fingerprint density at radius 2 is 1.77 bits per heavy atom. The fourth-order valence-corrected chi connectivity index (χ4v) is 5.77. The summed E-state index contributed by atoms with van der Waals surface area (Å²) in [5.74, 6) is -0.220. The largest absolute Gasteiger partial charge is 0.449 e. The molecule has 0 saturated heterocycles. The number of nitrogens with zero attached hydrogens (tertiary/aromatic N) is 2. The number of aromatic nitrogens is 2. The number of nitrogens with one attached hydrogen (secondary N) is 3. The van der Waals surface area contributed by atoms with Crippen molar-refractivity contribution < 1.29 is 14.3 Å². The third kappa shape index (κ3) is 5.89. The zero-order valence-corrected chi connectivity index (χ0v) is 24.8. The summed E-state index contributed by atoms with van der Waals surface area (Å²) in [6.45, 7) is 4.46. The molecule has 3 aromatic carbocycles. The van der Waals surface area contributed by atoms with Crippen molar-refractivity contribution in [2.24, 2.45) is 0 Å². The Balaban J connectivity index is 1.44. The first-order chi connectivity index (χ1) is 21.3. The van der Waals surface area contributed by atoms with Crippen molar-refractivity contribution in [3.05, 3.63) is 124 Å². The van der Waals surface area contributed by atoms with E-state index in [0.717, 1.165) is 38.8 Å². The molecule has 2 atom stereocenters. The van der Waals surface area contributed by atoms with Gasteiger partial charge in [-0.15, -0.1) is 0 Å². The SMILES string of the molecule is Cc1cc2ccc1[C@@H](C)COC(=O)Nc1ccc(-c3ccncc3)c(c1)CN(C)C(=O)[C@@H]2Nc1ccc2cc[nH]c(=O)c2c1. The minimum atomic E-state index is -0.736.